The van der Waals surface area contributed by atoms with Gasteiger partial charge in [-0.05, 0) is 27.7 Å². The molecule has 1 rings (SSSR count). The number of furan rings is 1. The van der Waals surface area contributed by atoms with Crippen molar-refractivity contribution in [2.75, 3.05) is 43.0 Å². The van der Waals surface area contributed by atoms with Crippen LogP contribution in [0, 0.1) is 0 Å². The van der Waals surface area contributed by atoms with Crippen molar-refractivity contribution in [1.29, 1.82) is 0 Å². The predicted octanol–water partition coefficient (Wildman–Crippen LogP) is 3.02. The van der Waals surface area contributed by atoms with Gasteiger partial charge in [-0.15, -0.1) is 0 Å². The molecular formula is C14H25N3O2. The zero-order valence-corrected chi connectivity index (χ0v) is 12.6. The highest BCUT2D eigenvalue weighted by Crippen LogP contribution is 2.25. The van der Waals surface area contributed by atoms with Crippen LogP contribution < -0.4 is 9.80 Å². The summed E-state index contributed by atoms with van der Waals surface area (Å²) < 4.78 is 5.75. The highest BCUT2D eigenvalue weighted by molar-refractivity contribution is 5.90. The smallest absolute Gasteiger partial charge is 0.326 e. The number of hydrogen-bond donors (Lipinski definition) is 0. The predicted molar refractivity (Wildman–Crippen MR) is 79.0 cm³/mol. The molecule has 1 aromatic rings. The summed E-state index contributed by atoms with van der Waals surface area (Å²) in [6.45, 7) is 11.3. The monoisotopic (exact) mass is 267 g/mol. The number of hydrogen-bond acceptors (Lipinski definition) is 3. The van der Waals surface area contributed by atoms with E-state index < -0.39 is 0 Å². The Kier molecular flexibility index (Phi) is 5.73. The molecule has 108 valence electrons. The van der Waals surface area contributed by atoms with Crippen LogP contribution in [-0.2, 0) is 0 Å². The maximum Gasteiger partial charge on any atom is 0.326 e. The van der Waals surface area contributed by atoms with Gasteiger partial charge in [0, 0.05) is 45.4 Å². The van der Waals surface area contributed by atoms with Crippen LogP contribution in [0.5, 0.6) is 0 Å². The van der Waals surface area contributed by atoms with Crippen LogP contribution in [0.15, 0.2) is 16.5 Å². The number of nitrogens with zero attached hydrogens (tertiary/aromatic N) is 3. The van der Waals surface area contributed by atoms with E-state index >= 15 is 0 Å². The molecule has 0 atom stereocenters. The zero-order valence-electron chi connectivity index (χ0n) is 12.6. The standard InChI is InChI=1S/C14H25N3O2/c1-6-16(7-2)13-11-10-12(19-13)15(5)14(18)17(8-3)9-4/h10-11H,6-9H2,1-5H3. The fourth-order valence-electron chi connectivity index (χ4n) is 2.00. The van der Waals surface area contributed by atoms with Crippen molar-refractivity contribution in [3.63, 3.8) is 0 Å². The minimum atomic E-state index is -0.0366. The van der Waals surface area contributed by atoms with Gasteiger partial charge < -0.3 is 14.2 Å². The van der Waals surface area contributed by atoms with Gasteiger partial charge in [-0.1, -0.05) is 0 Å². The summed E-state index contributed by atoms with van der Waals surface area (Å²) in [5.41, 5.74) is 0. The van der Waals surface area contributed by atoms with Crippen molar-refractivity contribution in [3.05, 3.63) is 12.1 Å². The van der Waals surface area contributed by atoms with E-state index in [0.717, 1.165) is 19.0 Å². The van der Waals surface area contributed by atoms with Crippen LogP contribution >= 0.6 is 0 Å². The van der Waals surface area contributed by atoms with E-state index in [1.54, 1.807) is 16.8 Å². The summed E-state index contributed by atoms with van der Waals surface area (Å²) in [5, 5.41) is 0. The summed E-state index contributed by atoms with van der Waals surface area (Å²) >= 11 is 0. The fraction of sp³-hybridized carbons (Fsp3) is 0.643. The molecule has 0 aliphatic rings. The first-order valence-corrected chi connectivity index (χ1v) is 6.96. The quantitative estimate of drug-likeness (QED) is 0.795. The average molecular weight is 267 g/mol. The Morgan fingerprint density at radius 3 is 2.00 bits per heavy atom. The summed E-state index contributed by atoms with van der Waals surface area (Å²) in [6.07, 6.45) is 0. The second-order valence-corrected chi connectivity index (χ2v) is 4.30. The van der Waals surface area contributed by atoms with Crippen molar-refractivity contribution >= 4 is 17.8 Å². The molecule has 1 aromatic heterocycles. The van der Waals surface area contributed by atoms with Crippen LogP contribution in [-0.4, -0.2) is 44.2 Å². The third kappa shape index (κ3) is 3.43. The van der Waals surface area contributed by atoms with Gasteiger partial charge in [0.2, 0.25) is 5.88 Å². The van der Waals surface area contributed by atoms with Gasteiger partial charge >= 0.3 is 6.03 Å². The van der Waals surface area contributed by atoms with E-state index in [4.69, 9.17) is 4.42 Å². The highest BCUT2D eigenvalue weighted by Gasteiger charge is 2.19. The minimum absolute atomic E-state index is 0.0366. The number of amides is 2. The van der Waals surface area contributed by atoms with Crippen molar-refractivity contribution in [2.45, 2.75) is 27.7 Å². The van der Waals surface area contributed by atoms with Crippen LogP contribution in [0.1, 0.15) is 27.7 Å². The molecule has 0 spiro atoms. The molecule has 5 heteroatoms. The molecule has 2 amide bonds. The first-order valence-electron chi connectivity index (χ1n) is 6.96. The molecule has 0 saturated carbocycles. The summed E-state index contributed by atoms with van der Waals surface area (Å²) in [4.78, 5) is 17.6. The van der Waals surface area contributed by atoms with Gasteiger partial charge in [0.25, 0.3) is 0 Å². The van der Waals surface area contributed by atoms with Crippen LogP contribution in [0.3, 0.4) is 0 Å². The molecule has 0 fully saturated rings. The minimum Gasteiger partial charge on any atom is -0.425 e. The zero-order chi connectivity index (χ0) is 14.4. The number of carbonyl (C=O) groups is 1. The van der Waals surface area contributed by atoms with Crippen LogP contribution in [0.2, 0.25) is 0 Å². The molecule has 1 heterocycles. The average Bonchev–Trinajstić information content (AvgIpc) is 2.90. The third-order valence-electron chi connectivity index (χ3n) is 3.30. The molecule has 0 radical (unpaired) electrons. The highest BCUT2D eigenvalue weighted by atomic mass is 16.4. The van der Waals surface area contributed by atoms with Crippen molar-refractivity contribution in [1.82, 2.24) is 4.90 Å². The molecule has 0 unspecified atom stereocenters. The molecule has 0 aliphatic carbocycles. The van der Waals surface area contributed by atoms with E-state index in [0.29, 0.717) is 19.0 Å². The van der Waals surface area contributed by atoms with E-state index in [1.807, 2.05) is 26.0 Å². The van der Waals surface area contributed by atoms with Crippen molar-refractivity contribution in [3.8, 4) is 0 Å². The SMILES string of the molecule is CCN(CC)C(=O)N(C)c1ccc(N(CC)CC)o1. The lowest BCUT2D eigenvalue weighted by Gasteiger charge is -2.24. The Morgan fingerprint density at radius 1 is 1.00 bits per heavy atom. The topological polar surface area (TPSA) is 39.9 Å². The summed E-state index contributed by atoms with van der Waals surface area (Å²) in [6, 6.07) is 3.72. The maximum atomic E-state index is 12.2. The number of urea groups is 1. The molecule has 5 nitrogen and oxygen atoms in total. The second kappa shape index (κ2) is 7.07. The molecule has 0 N–H and O–H groups in total. The van der Waals surface area contributed by atoms with Gasteiger partial charge in [0.15, 0.2) is 5.88 Å². The first kappa shape index (κ1) is 15.4. The van der Waals surface area contributed by atoms with Gasteiger partial charge in [-0.3, -0.25) is 4.90 Å². The lowest BCUT2D eigenvalue weighted by Crippen LogP contribution is -2.40. The Hall–Kier alpha value is -1.65. The van der Waals surface area contributed by atoms with Crippen LogP contribution in [0.25, 0.3) is 0 Å². The number of anilines is 2. The molecule has 0 saturated heterocycles. The van der Waals surface area contributed by atoms with Gasteiger partial charge in [0.05, 0.1) is 0 Å². The van der Waals surface area contributed by atoms with E-state index in [2.05, 4.69) is 18.7 Å². The molecule has 19 heavy (non-hydrogen) atoms. The van der Waals surface area contributed by atoms with E-state index in [9.17, 15) is 4.79 Å². The number of carbonyl (C=O) groups excluding carboxylic acids is 1. The third-order valence-corrected chi connectivity index (χ3v) is 3.30. The second-order valence-electron chi connectivity index (χ2n) is 4.30. The maximum absolute atomic E-state index is 12.2. The van der Waals surface area contributed by atoms with E-state index in [-0.39, 0.29) is 6.03 Å². The molecule has 0 aliphatic heterocycles. The molecule has 0 aromatic carbocycles. The first-order chi connectivity index (χ1) is 9.08. The van der Waals surface area contributed by atoms with Crippen molar-refractivity contribution in [2.24, 2.45) is 0 Å². The Balaban J connectivity index is 2.83. The summed E-state index contributed by atoms with van der Waals surface area (Å²) in [7, 11) is 1.74. The Labute approximate surface area is 115 Å². The van der Waals surface area contributed by atoms with E-state index in [1.165, 1.54) is 0 Å². The molecular weight excluding hydrogens is 242 g/mol. The molecule has 0 bridgehead atoms. The normalized spacial score (nSPS) is 10.4. The Morgan fingerprint density at radius 2 is 1.53 bits per heavy atom. The number of rotatable bonds is 6. The van der Waals surface area contributed by atoms with Gasteiger partial charge in [-0.25, -0.2) is 4.79 Å². The lowest BCUT2D eigenvalue weighted by atomic mass is 10.4. The summed E-state index contributed by atoms with van der Waals surface area (Å²) in [5.74, 6) is 1.39. The fourth-order valence-corrected chi connectivity index (χ4v) is 2.00. The largest absolute Gasteiger partial charge is 0.425 e. The lowest BCUT2D eigenvalue weighted by molar-refractivity contribution is 0.210. The van der Waals surface area contributed by atoms with Gasteiger partial charge in [0.1, 0.15) is 0 Å². The van der Waals surface area contributed by atoms with Gasteiger partial charge in [-0.2, -0.15) is 0 Å². The van der Waals surface area contributed by atoms with Crippen molar-refractivity contribution < 1.29 is 9.21 Å². The van der Waals surface area contributed by atoms with Crippen LogP contribution in [0.4, 0.5) is 16.6 Å². The Bertz CT molecular complexity index is 395.